The summed E-state index contributed by atoms with van der Waals surface area (Å²) in [6, 6.07) is 6.16. The van der Waals surface area contributed by atoms with Crippen LogP contribution < -0.4 is 5.32 Å². The van der Waals surface area contributed by atoms with Gasteiger partial charge in [-0.1, -0.05) is 12.1 Å². The highest BCUT2D eigenvalue weighted by Crippen LogP contribution is 2.34. The van der Waals surface area contributed by atoms with Crippen molar-refractivity contribution in [3.8, 4) is 0 Å². The van der Waals surface area contributed by atoms with E-state index in [1.807, 2.05) is 0 Å². The van der Waals surface area contributed by atoms with Gasteiger partial charge in [-0.3, -0.25) is 24.9 Å². The van der Waals surface area contributed by atoms with Crippen LogP contribution in [0.25, 0.3) is 0 Å². The molecule has 30 heavy (non-hydrogen) atoms. The molecule has 0 amide bonds. The Morgan fingerprint density at radius 3 is 2.83 bits per heavy atom. The van der Waals surface area contributed by atoms with Crippen molar-refractivity contribution >= 4 is 17.3 Å². The molecule has 160 valence electrons. The molecule has 0 unspecified atom stereocenters. The van der Waals surface area contributed by atoms with E-state index in [1.165, 1.54) is 22.0 Å². The second-order valence-electron chi connectivity index (χ2n) is 6.80. The largest absolute Gasteiger partial charge is 0.394 e. The first-order valence-electron chi connectivity index (χ1n) is 9.07. The zero-order valence-electron chi connectivity index (χ0n) is 15.6. The predicted molar refractivity (Wildman–Crippen MR) is 100 cm³/mol. The number of nitro benzene ring substituents is 1. The number of hydrogen-bond acceptors (Lipinski definition) is 10. The third kappa shape index (κ3) is 3.38. The molecule has 0 spiro atoms. The summed E-state index contributed by atoms with van der Waals surface area (Å²) in [6.07, 6.45) is -3.13. The van der Waals surface area contributed by atoms with Crippen molar-refractivity contribution in [2.45, 2.75) is 31.1 Å². The van der Waals surface area contributed by atoms with Crippen molar-refractivity contribution in [3.63, 3.8) is 0 Å². The number of anilines is 1. The SMILES string of the molecule is N=C1c2ncn([C@@H]3O[C@H](CO)[C@@H](O)[C@H]3O)c2NCN1OCc1ccccc1[N+](=O)[O-]. The molecule has 0 bridgehead atoms. The molecule has 3 heterocycles. The summed E-state index contributed by atoms with van der Waals surface area (Å²) in [6.45, 7) is -0.541. The molecule has 2 aliphatic rings. The van der Waals surface area contributed by atoms with Crippen LogP contribution in [-0.2, 0) is 16.2 Å². The molecule has 1 aromatic carbocycles. The lowest BCUT2D eigenvalue weighted by atomic mass is 10.1. The van der Waals surface area contributed by atoms with Gasteiger partial charge in [-0.15, -0.1) is 0 Å². The molecule has 0 radical (unpaired) electrons. The highest BCUT2D eigenvalue weighted by atomic mass is 16.7. The fraction of sp³-hybridized carbons (Fsp3) is 0.412. The minimum absolute atomic E-state index is 0.0347. The van der Waals surface area contributed by atoms with Gasteiger partial charge in [-0.2, -0.15) is 0 Å². The number of imidazole rings is 1. The zero-order valence-corrected chi connectivity index (χ0v) is 15.6. The zero-order chi connectivity index (χ0) is 21.4. The van der Waals surface area contributed by atoms with Gasteiger partial charge in [0.15, 0.2) is 12.1 Å². The van der Waals surface area contributed by atoms with Crippen LogP contribution in [0, 0.1) is 15.5 Å². The standard InChI is InChI=1S/C17H20N6O7/c18-15-12-16(21(7-19-12)17-14(26)13(25)11(5-24)30-17)20-8-22(15)29-6-9-3-1-2-4-10(9)23(27)28/h1-4,7,11,13-14,17-18,20,24-26H,5-6,8H2/t11-,13-,14-,17-/m1/s1. The number of aliphatic hydroxyl groups excluding tert-OH is 3. The number of fused-ring (bicyclic) bond motifs is 1. The fourth-order valence-corrected chi connectivity index (χ4v) is 3.42. The average Bonchev–Trinajstić information content (AvgIpc) is 3.29. The second kappa shape index (κ2) is 7.97. The Hall–Kier alpha value is -3.10. The van der Waals surface area contributed by atoms with Crippen molar-refractivity contribution in [2.24, 2.45) is 0 Å². The molecule has 2 aliphatic heterocycles. The van der Waals surface area contributed by atoms with Crippen LogP contribution in [0.5, 0.6) is 0 Å². The van der Waals surface area contributed by atoms with Crippen LogP contribution in [0.2, 0.25) is 0 Å². The summed E-state index contributed by atoms with van der Waals surface area (Å²) in [5, 5.41) is 53.1. The Bertz CT molecular complexity index is 966. The van der Waals surface area contributed by atoms with Gasteiger partial charge in [-0.25, -0.2) is 10.0 Å². The number of aromatic nitrogens is 2. The summed E-state index contributed by atoms with van der Waals surface area (Å²) >= 11 is 0. The van der Waals surface area contributed by atoms with Gasteiger partial charge in [0, 0.05) is 6.07 Å². The summed E-state index contributed by atoms with van der Waals surface area (Å²) < 4.78 is 6.94. The van der Waals surface area contributed by atoms with E-state index in [0.29, 0.717) is 11.4 Å². The van der Waals surface area contributed by atoms with E-state index < -0.39 is 36.1 Å². The lowest BCUT2D eigenvalue weighted by Crippen LogP contribution is -2.41. The number of rotatable bonds is 6. The topological polar surface area (TPSA) is 179 Å². The summed E-state index contributed by atoms with van der Waals surface area (Å²) in [5.74, 6) is 0.285. The van der Waals surface area contributed by atoms with Crippen molar-refractivity contribution in [3.05, 3.63) is 52.0 Å². The van der Waals surface area contributed by atoms with Crippen LogP contribution in [-0.4, -0.2) is 72.3 Å². The maximum atomic E-state index is 11.1. The van der Waals surface area contributed by atoms with Gasteiger partial charge in [0.2, 0.25) is 0 Å². The number of ether oxygens (including phenoxy) is 1. The number of nitrogens with one attached hydrogen (secondary N) is 2. The van der Waals surface area contributed by atoms with Crippen LogP contribution in [0.15, 0.2) is 30.6 Å². The van der Waals surface area contributed by atoms with E-state index in [-0.39, 0.29) is 30.5 Å². The molecule has 4 atom stereocenters. The average molecular weight is 420 g/mol. The van der Waals surface area contributed by atoms with Crippen LogP contribution >= 0.6 is 0 Å². The summed E-state index contributed by atoms with van der Waals surface area (Å²) in [5.41, 5.74) is 0.489. The van der Waals surface area contributed by atoms with Gasteiger partial charge >= 0.3 is 0 Å². The lowest BCUT2D eigenvalue weighted by molar-refractivity contribution is -0.386. The molecule has 0 saturated carbocycles. The molecular weight excluding hydrogens is 400 g/mol. The van der Waals surface area contributed by atoms with Crippen molar-refractivity contribution in [1.82, 2.24) is 14.6 Å². The van der Waals surface area contributed by atoms with E-state index in [4.69, 9.17) is 15.0 Å². The number of para-hydroxylation sites is 1. The van der Waals surface area contributed by atoms with Crippen LogP contribution in [0.4, 0.5) is 11.5 Å². The van der Waals surface area contributed by atoms with Crippen LogP contribution in [0.3, 0.4) is 0 Å². The maximum Gasteiger partial charge on any atom is 0.275 e. The first-order chi connectivity index (χ1) is 14.4. The second-order valence-corrected chi connectivity index (χ2v) is 6.80. The quantitative estimate of drug-likeness (QED) is 0.303. The van der Waals surface area contributed by atoms with E-state index in [0.717, 1.165) is 0 Å². The number of hydroxylamine groups is 2. The van der Waals surface area contributed by atoms with Gasteiger partial charge < -0.3 is 25.4 Å². The van der Waals surface area contributed by atoms with Crippen molar-refractivity contribution in [2.75, 3.05) is 18.6 Å². The molecule has 1 fully saturated rings. The Morgan fingerprint density at radius 2 is 2.13 bits per heavy atom. The molecule has 4 rings (SSSR count). The molecular formula is C17H20N6O7. The predicted octanol–water partition coefficient (Wildman–Crippen LogP) is -0.455. The third-order valence-corrected chi connectivity index (χ3v) is 5.01. The number of benzene rings is 1. The van der Waals surface area contributed by atoms with Gasteiger partial charge in [0.1, 0.15) is 43.1 Å². The van der Waals surface area contributed by atoms with E-state index >= 15 is 0 Å². The maximum absolute atomic E-state index is 11.1. The number of aliphatic hydroxyl groups is 3. The lowest BCUT2D eigenvalue weighted by Gasteiger charge is -2.30. The highest BCUT2D eigenvalue weighted by molar-refractivity contribution is 5.99. The first-order valence-corrected chi connectivity index (χ1v) is 9.07. The Labute approximate surface area is 169 Å². The summed E-state index contributed by atoms with van der Waals surface area (Å²) in [7, 11) is 0. The fourth-order valence-electron chi connectivity index (χ4n) is 3.42. The third-order valence-electron chi connectivity index (χ3n) is 5.01. The number of nitro groups is 1. The monoisotopic (exact) mass is 420 g/mol. The van der Waals surface area contributed by atoms with E-state index in [9.17, 15) is 25.4 Å². The molecule has 0 aliphatic carbocycles. The van der Waals surface area contributed by atoms with Gasteiger partial charge in [0.05, 0.1) is 23.4 Å². The van der Waals surface area contributed by atoms with Gasteiger partial charge in [0.25, 0.3) is 5.69 Å². The van der Waals surface area contributed by atoms with Crippen molar-refractivity contribution < 1.29 is 29.8 Å². The minimum atomic E-state index is -1.29. The smallest absolute Gasteiger partial charge is 0.275 e. The molecule has 13 nitrogen and oxygen atoms in total. The molecule has 13 heteroatoms. The molecule has 5 N–H and O–H groups in total. The summed E-state index contributed by atoms with van der Waals surface area (Å²) in [4.78, 5) is 20.4. The number of nitrogens with zero attached hydrogens (tertiary/aromatic N) is 4. The van der Waals surface area contributed by atoms with E-state index in [2.05, 4.69) is 10.3 Å². The Balaban J connectivity index is 1.49. The van der Waals surface area contributed by atoms with E-state index in [1.54, 1.807) is 18.2 Å². The minimum Gasteiger partial charge on any atom is -0.394 e. The normalized spacial score (nSPS) is 25.8. The number of hydrogen-bond donors (Lipinski definition) is 5. The molecule has 1 saturated heterocycles. The Kier molecular flexibility index (Phi) is 5.36. The molecule has 2 aromatic rings. The van der Waals surface area contributed by atoms with Gasteiger partial charge in [-0.05, 0) is 6.07 Å². The van der Waals surface area contributed by atoms with Crippen molar-refractivity contribution in [1.29, 1.82) is 5.41 Å². The van der Waals surface area contributed by atoms with Crippen LogP contribution in [0.1, 0.15) is 17.5 Å². The Morgan fingerprint density at radius 1 is 1.37 bits per heavy atom. The highest BCUT2D eigenvalue weighted by Gasteiger charge is 2.45. The number of amidine groups is 1. The molecule has 1 aromatic heterocycles. The first kappa shape index (κ1) is 20.2.